The van der Waals surface area contributed by atoms with Crippen LogP contribution >= 0.6 is 11.3 Å². The molecule has 0 aliphatic heterocycles. The first-order valence-electron chi connectivity index (χ1n) is 8.39. The van der Waals surface area contributed by atoms with Gasteiger partial charge in [-0.25, -0.2) is 9.78 Å². The first-order chi connectivity index (χ1) is 11.3. The summed E-state index contributed by atoms with van der Waals surface area (Å²) in [5.41, 5.74) is 3.32. The number of nitrogens with zero attached hydrogens (tertiary/aromatic N) is 2. The third-order valence-electron chi connectivity index (χ3n) is 4.35. The molecule has 24 heavy (non-hydrogen) atoms. The highest BCUT2D eigenvalue weighted by Crippen LogP contribution is 2.28. The van der Waals surface area contributed by atoms with E-state index in [2.05, 4.69) is 52.0 Å². The Labute approximate surface area is 146 Å². The molecule has 3 rings (SSSR count). The van der Waals surface area contributed by atoms with Crippen molar-refractivity contribution < 1.29 is 4.79 Å². The molecule has 3 N–H and O–H groups in total. The number of aromatic amines is 1. The molecule has 7 heteroatoms. The SMILES string of the molecule is C[C@@H](NC(=O)N[C@H]1CCCc2cn[nH]c21)c1nc(C(C)(C)C)cs1. The van der Waals surface area contributed by atoms with Gasteiger partial charge in [0.2, 0.25) is 0 Å². The van der Waals surface area contributed by atoms with E-state index < -0.39 is 0 Å². The third-order valence-corrected chi connectivity index (χ3v) is 5.38. The maximum Gasteiger partial charge on any atom is 0.315 e. The quantitative estimate of drug-likeness (QED) is 0.793. The minimum Gasteiger partial charge on any atom is -0.330 e. The smallest absolute Gasteiger partial charge is 0.315 e. The van der Waals surface area contributed by atoms with E-state index in [0.717, 1.165) is 35.7 Å². The number of amides is 2. The summed E-state index contributed by atoms with van der Waals surface area (Å²) in [6.07, 6.45) is 4.88. The Morgan fingerprint density at radius 2 is 2.25 bits per heavy atom. The molecule has 1 aliphatic rings. The lowest BCUT2D eigenvalue weighted by molar-refractivity contribution is 0.232. The van der Waals surface area contributed by atoms with Crippen molar-refractivity contribution in [2.45, 2.75) is 64.5 Å². The summed E-state index contributed by atoms with van der Waals surface area (Å²) in [6, 6.07) is -0.275. The van der Waals surface area contributed by atoms with E-state index in [4.69, 9.17) is 0 Å². The van der Waals surface area contributed by atoms with Crippen LogP contribution in [0.2, 0.25) is 0 Å². The van der Waals surface area contributed by atoms with E-state index in [1.54, 1.807) is 11.3 Å². The molecular formula is C17H25N5OS. The summed E-state index contributed by atoms with van der Waals surface area (Å²) in [4.78, 5) is 17.0. The van der Waals surface area contributed by atoms with Crippen LogP contribution in [0, 0.1) is 0 Å². The number of rotatable bonds is 3. The molecule has 6 nitrogen and oxygen atoms in total. The third kappa shape index (κ3) is 3.61. The molecule has 2 aromatic heterocycles. The molecular weight excluding hydrogens is 322 g/mol. The molecule has 0 bridgehead atoms. The zero-order chi connectivity index (χ0) is 17.3. The lowest BCUT2D eigenvalue weighted by Gasteiger charge is -2.24. The van der Waals surface area contributed by atoms with Crippen LogP contribution < -0.4 is 10.6 Å². The van der Waals surface area contributed by atoms with E-state index in [1.807, 2.05) is 13.1 Å². The fraction of sp³-hybridized carbons (Fsp3) is 0.588. The largest absolute Gasteiger partial charge is 0.330 e. The summed E-state index contributed by atoms with van der Waals surface area (Å²) in [5, 5.41) is 16.2. The van der Waals surface area contributed by atoms with Gasteiger partial charge in [-0.2, -0.15) is 5.10 Å². The number of H-pyrrole nitrogens is 1. The van der Waals surface area contributed by atoms with E-state index in [0.29, 0.717) is 0 Å². The predicted octanol–water partition coefficient (Wildman–Crippen LogP) is 3.60. The van der Waals surface area contributed by atoms with Crippen molar-refractivity contribution in [3.63, 3.8) is 0 Å². The molecule has 2 amide bonds. The highest BCUT2D eigenvalue weighted by molar-refractivity contribution is 7.09. The van der Waals surface area contributed by atoms with E-state index >= 15 is 0 Å². The van der Waals surface area contributed by atoms with Crippen molar-refractivity contribution in [3.05, 3.63) is 33.5 Å². The van der Waals surface area contributed by atoms with Crippen molar-refractivity contribution >= 4 is 17.4 Å². The van der Waals surface area contributed by atoms with Gasteiger partial charge in [-0.15, -0.1) is 11.3 Å². The van der Waals surface area contributed by atoms with Crippen LogP contribution in [0.3, 0.4) is 0 Å². The standard InChI is InChI=1S/C17H25N5OS/c1-10(15-21-13(9-24-15)17(2,3)4)19-16(23)20-12-7-5-6-11-8-18-22-14(11)12/h8-10,12H,5-7H2,1-4H3,(H,18,22)(H2,19,20,23)/t10-,12+/m1/s1. The molecule has 0 saturated heterocycles. The molecule has 1 aliphatic carbocycles. The predicted molar refractivity (Wildman–Crippen MR) is 95.2 cm³/mol. The Morgan fingerprint density at radius 3 is 2.96 bits per heavy atom. The van der Waals surface area contributed by atoms with Crippen LogP contribution in [0.25, 0.3) is 0 Å². The Kier molecular flexibility index (Phi) is 4.62. The fourth-order valence-electron chi connectivity index (χ4n) is 2.90. The number of nitrogens with one attached hydrogen (secondary N) is 3. The van der Waals surface area contributed by atoms with Crippen LogP contribution in [-0.2, 0) is 11.8 Å². The number of carbonyl (C=O) groups is 1. The molecule has 2 atom stereocenters. The molecule has 130 valence electrons. The summed E-state index contributed by atoms with van der Waals surface area (Å²) >= 11 is 1.59. The minimum atomic E-state index is -0.164. The average molecular weight is 347 g/mol. The molecule has 0 radical (unpaired) electrons. The van der Waals surface area contributed by atoms with Gasteiger partial charge in [0.25, 0.3) is 0 Å². The second-order valence-corrected chi connectivity index (χ2v) is 8.30. The molecule has 0 aromatic carbocycles. The van der Waals surface area contributed by atoms with Gasteiger partial charge in [0.15, 0.2) is 0 Å². The van der Waals surface area contributed by atoms with Gasteiger partial charge in [0, 0.05) is 10.8 Å². The van der Waals surface area contributed by atoms with Gasteiger partial charge >= 0.3 is 6.03 Å². The van der Waals surface area contributed by atoms with E-state index in [9.17, 15) is 4.79 Å². The molecule has 2 heterocycles. The minimum absolute atomic E-state index is 0.00452. The van der Waals surface area contributed by atoms with E-state index in [-0.39, 0.29) is 23.5 Å². The van der Waals surface area contributed by atoms with Crippen LogP contribution in [0.4, 0.5) is 4.79 Å². The Bertz CT molecular complexity index is 715. The van der Waals surface area contributed by atoms with Gasteiger partial charge in [-0.05, 0) is 31.7 Å². The molecule has 0 unspecified atom stereocenters. The van der Waals surface area contributed by atoms with Crippen LogP contribution in [-0.4, -0.2) is 21.2 Å². The lowest BCUT2D eigenvalue weighted by atomic mass is 9.93. The van der Waals surface area contributed by atoms with Gasteiger partial charge in [0.05, 0.1) is 29.7 Å². The monoisotopic (exact) mass is 347 g/mol. The van der Waals surface area contributed by atoms with Gasteiger partial charge in [0.1, 0.15) is 5.01 Å². The Morgan fingerprint density at radius 1 is 1.46 bits per heavy atom. The molecule has 2 aromatic rings. The molecule has 0 spiro atoms. The molecule has 0 fully saturated rings. The zero-order valence-electron chi connectivity index (χ0n) is 14.6. The topological polar surface area (TPSA) is 82.7 Å². The number of hydrogen-bond donors (Lipinski definition) is 3. The van der Waals surface area contributed by atoms with Gasteiger partial charge in [-0.1, -0.05) is 20.8 Å². The highest BCUT2D eigenvalue weighted by atomic mass is 32.1. The zero-order valence-corrected chi connectivity index (χ0v) is 15.5. The Balaban J connectivity index is 1.60. The van der Waals surface area contributed by atoms with Crippen molar-refractivity contribution in [1.82, 2.24) is 25.8 Å². The van der Waals surface area contributed by atoms with Crippen molar-refractivity contribution in [2.24, 2.45) is 0 Å². The number of carbonyl (C=O) groups excluding carboxylic acids is 1. The van der Waals surface area contributed by atoms with Crippen LogP contribution in [0.1, 0.15) is 74.6 Å². The normalized spacial score (nSPS) is 18.8. The summed E-state index contributed by atoms with van der Waals surface area (Å²) < 4.78 is 0. The maximum atomic E-state index is 12.4. The maximum absolute atomic E-state index is 12.4. The lowest BCUT2D eigenvalue weighted by Crippen LogP contribution is -2.40. The number of fused-ring (bicyclic) bond motifs is 1. The fourth-order valence-corrected chi connectivity index (χ4v) is 3.95. The number of hydrogen-bond acceptors (Lipinski definition) is 4. The first-order valence-corrected chi connectivity index (χ1v) is 9.27. The van der Waals surface area contributed by atoms with E-state index in [1.165, 1.54) is 5.56 Å². The van der Waals surface area contributed by atoms with Crippen LogP contribution in [0.15, 0.2) is 11.6 Å². The first kappa shape index (κ1) is 17.0. The van der Waals surface area contributed by atoms with Gasteiger partial charge < -0.3 is 10.6 Å². The number of aromatic nitrogens is 3. The summed E-state index contributed by atoms with van der Waals surface area (Å²) in [7, 11) is 0. The summed E-state index contributed by atoms with van der Waals surface area (Å²) in [5.74, 6) is 0. The van der Waals surface area contributed by atoms with Crippen molar-refractivity contribution in [1.29, 1.82) is 0 Å². The number of aryl methyl sites for hydroxylation is 1. The van der Waals surface area contributed by atoms with Gasteiger partial charge in [-0.3, -0.25) is 5.10 Å². The number of urea groups is 1. The summed E-state index contributed by atoms with van der Waals surface area (Å²) in [6.45, 7) is 8.39. The van der Waals surface area contributed by atoms with Crippen molar-refractivity contribution in [2.75, 3.05) is 0 Å². The van der Waals surface area contributed by atoms with Crippen LogP contribution in [0.5, 0.6) is 0 Å². The number of thiazole rings is 1. The molecule has 0 saturated carbocycles. The Hall–Kier alpha value is -1.89. The second kappa shape index (κ2) is 6.55. The average Bonchev–Trinajstić information content (AvgIpc) is 3.16. The highest BCUT2D eigenvalue weighted by Gasteiger charge is 2.25. The second-order valence-electron chi connectivity index (χ2n) is 7.41. The van der Waals surface area contributed by atoms with Crippen molar-refractivity contribution in [3.8, 4) is 0 Å².